The van der Waals surface area contributed by atoms with Crippen LogP contribution in [0.2, 0.25) is 0 Å². The van der Waals surface area contributed by atoms with Gasteiger partial charge < -0.3 is 10.3 Å². The van der Waals surface area contributed by atoms with Gasteiger partial charge in [0.25, 0.3) is 0 Å². The van der Waals surface area contributed by atoms with Gasteiger partial charge in [0.2, 0.25) is 5.91 Å². The van der Waals surface area contributed by atoms with Gasteiger partial charge in [0.05, 0.1) is 16.3 Å². The van der Waals surface area contributed by atoms with Crippen molar-refractivity contribution in [3.63, 3.8) is 0 Å². The number of primary amides is 1. The Balaban J connectivity index is 2.23. The molecule has 0 radical (unpaired) electrons. The van der Waals surface area contributed by atoms with E-state index >= 15 is 0 Å². The standard InChI is InChI=1S/C16H23N3OS/c1-3-4-5-8-11-19-14-10-7-6-9-13(14)18-16(19)21-12(2)15(17)20/h6-7,9-10,12H,3-5,8,11H2,1-2H3,(H2,17,20)/t12-/m0/s1. The first kappa shape index (κ1) is 15.9. The molecule has 0 aliphatic carbocycles. The van der Waals surface area contributed by atoms with Crippen molar-refractivity contribution in [1.82, 2.24) is 9.55 Å². The lowest BCUT2D eigenvalue weighted by Crippen LogP contribution is -2.23. The monoisotopic (exact) mass is 305 g/mol. The van der Waals surface area contributed by atoms with Crippen LogP contribution in [0.5, 0.6) is 0 Å². The number of para-hydroxylation sites is 2. The number of fused-ring (bicyclic) bond motifs is 1. The van der Waals surface area contributed by atoms with Crippen molar-refractivity contribution >= 4 is 28.7 Å². The fourth-order valence-corrected chi connectivity index (χ4v) is 3.17. The average Bonchev–Trinajstić information content (AvgIpc) is 2.81. The molecular weight excluding hydrogens is 282 g/mol. The van der Waals surface area contributed by atoms with E-state index in [1.165, 1.54) is 31.0 Å². The summed E-state index contributed by atoms with van der Waals surface area (Å²) in [5, 5.41) is 0.621. The summed E-state index contributed by atoms with van der Waals surface area (Å²) in [6.45, 7) is 4.98. The molecule has 0 spiro atoms. The van der Waals surface area contributed by atoms with Crippen LogP contribution in [0.4, 0.5) is 0 Å². The third-order valence-electron chi connectivity index (χ3n) is 3.54. The first-order valence-corrected chi connectivity index (χ1v) is 8.42. The number of imidazole rings is 1. The predicted octanol–water partition coefficient (Wildman–Crippen LogP) is 3.58. The summed E-state index contributed by atoms with van der Waals surface area (Å²) in [5.74, 6) is -0.301. The maximum absolute atomic E-state index is 11.3. The second-order valence-corrected chi connectivity index (χ2v) is 6.57. The second kappa shape index (κ2) is 7.50. The van der Waals surface area contributed by atoms with Crippen molar-refractivity contribution in [3.05, 3.63) is 24.3 Å². The largest absolute Gasteiger partial charge is 0.369 e. The Morgan fingerprint density at radius 1 is 1.33 bits per heavy atom. The number of amides is 1. The number of hydrogen-bond acceptors (Lipinski definition) is 3. The van der Waals surface area contributed by atoms with Crippen molar-refractivity contribution in [1.29, 1.82) is 0 Å². The van der Waals surface area contributed by atoms with E-state index in [2.05, 4.69) is 22.5 Å². The molecule has 114 valence electrons. The fraction of sp³-hybridized carbons (Fsp3) is 0.500. The van der Waals surface area contributed by atoms with Gasteiger partial charge in [-0.2, -0.15) is 0 Å². The molecule has 1 aromatic heterocycles. The second-order valence-electron chi connectivity index (χ2n) is 5.26. The van der Waals surface area contributed by atoms with Gasteiger partial charge in [0.15, 0.2) is 5.16 Å². The minimum absolute atomic E-state index is 0.267. The molecule has 2 rings (SSSR count). The summed E-state index contributed by atoms with van der Waals surface area (Å²) < 4.78 is 2.22. The molecule has 1 heterocycles. The Labute approximate surface area is 130 Å². The number of nitrogens with two attached hydrogens (primary N) is 1. The highest BCUT2D eigenvalue weighted by molar-refractivity contribution is 8.00. The summed E-state index contributed by atoms with van der Waals surface area (Å²) in [7, 11) is 0. The van der Waals surface area contributed by atoms with Crippen LogP contribution < -0.4 is 5.73 Å². The molecule has 21 heavy (non-hydrogen) atoms. The van der Waals surface area contributed by atoms with Crippen LogP contribution in [0.1, 0.15) is 39.5 Å². The van der Waals surface area contributed by atoms with Crippen molar-refractivity contribution in [2.24, 2.45) is 5.73 Å². The molecule has 1 atom stereocenters. The zero-order valence-corrected chi connectivity index (χ0v) is 13.5. The number of aryl methyl sites for hydroxylation is 1. The number of carbonyl (C=O) groups is 1. The molecule has 0 unspecified atom stereocenters. The van der Waals surface area contributed by atoms with E-state index in [1.54, 1.807) is 0 Å². The first-order chi connectivity index (χ1) is 10.1. The molecule has 0 aliphatic heterocycles. The smallest absolute Gasteiger partial charge is 0.230 e. The molecule has 1 amide bonds. The van der Waals surface area contributed by atoms with Gasteiger partial charge in [-0.05, 0) is 25.5 Å². The quantitative estimate of drug-likeness (QED) is 0.599. The summed E-state index contributed by atoms with van der Waals surface area (Å²) in [6.07, 6.45) is 4.84. The fourth-order valence-electron chi connectivity index (χ4n) is 2.27. The summed E-state index contributed by atoms with van der Waals surface area (Å²) in [4.78, 5) is 15.9. The number of rotatable bonds is 8. The maximum Gasteiger partial charge on any atom is 0.230 e. The summed E-state index contributed by atoms with van der Waals surface area (Å²) in [6, 6.07) is 8.11. The van der Waals surface area contributed by atoms with E-state index in [9.17, 15) is 4.79 Å². The van der Waals surface area contributed by atoms with E-state index < -0.39 is 0 Å². The van der Waals surface area contributed by atoms with Crippen molar-refractivity contribution in [2.45, 2.75) is 56.5 Å². The topological polar surface area (TPSA) is 60.9 Å². The third kappa shape index (κ3) is 4.00. The first-order valence-electron chi connectivity index (χ1n) is 7.54. The zero-order chi connectivity index (χ0) is 15.2. The number of nitrogens with zero attached hydrogens (tertiary/aromatic N) is 2. The summed E-state index contributed by atoms with van der Waals surface area (Å²) in [5.41, 5.74) is 7.48. The highest BCUT2D eigenvalue weighted by Gasteiger charge is 2.17. The molecule has 0 fully saturated rings. The molecule has 0 saturated carbocycles. The van der Waals surface area contributed by atoms with Gasteiger partial charge in [-0.1, -0.05) is 50.1 Å². The van der Waals surface area contributed by atoms with E-state index in [4.69, 9.17) is 5.73 Å². The minimum atomic E-state index is -0.301. The van der Waals surface area contributed by atoms with Crippen LogP contribution in [-0.2, 0) is 11.3 Å². The van der Waals surface area contributed by atoms with Gasteiger partial charge in [-0.3, -0.25) is 4.79 Å². The molecule has 0 bridgehead atoms. The third-order valence-corrected chi connectivity index (χ3v) is 4.65. The highest BCUT2D eigenvalue weighted by Crippen LogP contribution is 2.27. The number of unbranched alkanes of at least 4 members (excludes halogenated alkanes) is 3. The van der Waals surface area contributed by atoms with Crippen molar-refractivity contribution < 1.29 is 4.79 Å². The van der Waals surface area contributed by atoms with Crippen LogP contribution >= 0.6 is 11.8 Å². The van der Waals surface area contributed by atoms with E-state index in [-0.39, 0.29) is 11.2 Å². The molecule has 0 aliphatic rings. The molecule has 5 heteroatoms. The van der Waals surface area contributed by atoms with Crippen LogP contribution in [0.3, 0.4) is 0 Å². The van der Waals surface area contributed by atoms with Gasteiger partial charge in [0, 0.05) is 6.54 Å². The summed E-state index contributed by atoms with van der Waals surface area (Å²) >= 11 is 1.45. The zero-order valence-electron chi connectivity index (χ0n) is 12.7. The Morgan fingerprint density at radius 2 is 2.10 bits per heavy atom. The van der Waals surface area contributed by atoms with Crippen molar-refractivity contribution in [2.75, 3.05) is 0 Å². The molecule has 1 aromatic carbocycles. The number of aromatic nitrogens is 2. The molecular formula is C16H23N3OS. The Morgan fingerprint density at radius 3 is 2.81 bits per heavy atom. The number of carbonyl (C=O) groups excluding carboxylic acids is 1. The lowest BCUT2D eigenvalue weighted by Gasteiger charge is -2.11. The SMILES string of the molecule is CCCCCCn1c(S[C@@H](C)C(N)=O)nc2ccccc21. The highest BCUT2D eigenvalue weighted by atomic mass is 32.2. The number of hydrogen-bond donors (Lipinski definition) is 1. The minimum Gasteiger partial charge on any atom is -0.369 e. The number of thioether (sulfide) groups is 1. The van der Waals surface area contributed by atoms with Gasteiger partial charge in [0.1, 0.15) is 0 Å². The van der Waals surface area contributed by atoms with E-state index in [1.807, 2.05) is 25.1 Å². The van der Waals surface area contributed by atoms with Crippen LogP contribution in [0.25, 0.3) is 11.0 Å². The van der Waals surface area contributed by atoms with E-state index in [0.717, 1.165) is 29.2 Å². The normalized spacial score (nSPS) is 12.7. The van der Waals surface area contributed by atoms with Gasteiger partial charge >= 0.3 is 0 Å². The average molecular weight is 305 g/mol. The van der Waals surface area contributed by atoms with Crippen LogP contribution in [-0.4, -0.2) is 20.7 Å². The lowest BCUT2D eigenvalue weighted by atomic mass is 10.2. The van der Waals surface area contributed by atoms with Crippen LogP contribution in [0, 0.1) is 0 Å². The number of benzene rings is 1. The van der Waals surface area contributed by atoms with Crippen LogP contribution in [0.15, 0.2) is 29.4 Å². The molecule has 2 N–H and O–H groups in total. The molecule has 4 nitrogen and oxygen atoms in total. The Bertz CT molecular complexity index is 609. The molecule has 2 aromatic rings. The van der Waals surface area contributed by atoms with Crippen molar-refractivity contribution in [3.8, 4) is 0 Å². The Kier molecular flexibility index (Phi) is 5.67. The Hall–Kier alpha value is -1.49. The maximum atomic E-state index is 11.3. The predicted molar refractivity (Wildman–Crippen MR) is 88.4 cm³/mol. The molecule has 0 saturated heterocycles. The van der Waals surface area contributed by atoms with E-state index in [0.29, 0.717) is 0 Å². The van der Waals surface area contributed by atoms with Gasteiger partial charge in [-0.15, -0.1) is 0 Å². The lowest BCUT2D eigenvalue weighted by molar-refractivity contribution is -0.117. The van der Waals surface area contributed by atoms with Gasteiger partial charge in [-0.25, -0.2) is 4.98 Å².